The molecule has 0 bridgehead atoms. The van der Waals surface area contributed by atoms with Crippen LogP contribution < -0.4 is 5.32 Å². The number of allylic oxidation sites excluding steroid dienone is 2. The first-order valence-corrected chi connectivity index (χ1v) is 5.50. The Morgan fingerprint density at radius 1 is 1.22 bits per heavy atom. The number of aryl methyl sites for hydroxylation is 1. The van der Waals surface area contributed by atoms with Gasteiger partial charge in [-0.15, -0.1) is 0 Å². The van der Waals surface area contributed by atoms with Gasteiger partial charge in [0.2, 0.25) is 0 Å². The summed E-state index contributed by atoms with van der Waals surface area (Å²) in [7, 11) is 0. The van der Waals surface area contributed by atoms with Gasteiger partial charge in [0.05, 0.1) is 4.47 Å². The second-order valence-corrected chi connectivity index (χ2v) is 4.15. The topological polar surface area (TPSA) is 83.4 Å². The summed E-state index contributed by atoms with van der Waals surface area (Å²) in [4.78, 5) is 0. The monoisotopic (exact) mass is 304 g/mol. The molecule has 1 N–H and O–H groups in total. The maximum atomic E-state index is 13.4. The Morgan fingerprint density at radius 2 is 1.83 bits per heavy atom. The summed E-state index contributed by atoms with van der Waals surface area (Å²) in [6, 6.07) is 7.62. The lowest BCUT2D eigenvalue weighted by molar-refractivity contribution is 0.621. The van der Waals surface area contributed by atoms with E-state index in [0.717, 1.165) is 0 Å². The van der Waals surface area contributed by atoms with Crippen molar-refractivity contribution >= 4 is 21.6 Å². The standard InChI is InChI=1S/C12H6BrFN4/c1-7-2-9(13)10(14)3-11(7)18-12(6-17)8(4-15)5-16/h2-3,18H,1H3. The number of nitriles is 3. The van der Waals surface area contributed by atoms with E-state index in [1.165, 1.54) is 12.1 Å². The lowest BCUT2D eigenvalue weighted by Gasteiger charge is -2.09. The number of hydrogen-bond donors (Lipinski definition) is 1. The van der Waals surface area contributed by atoms with Gasteiger partial charge in [-0.2, -0.15) is 15.8 Å². The molecule has 1 aromatic carbocycles. The molecule has 1 rings (SSSR count). The molecule has 88 valence electrons. The van der Waals surface area contributed by atoms with Crippen LogP contribution in [-0.4, -0.2) is 0 Å². The fraction of sp³-hybridized carbons (Fsp3) is 0.0833. The fourth-order valence-electron chi connectivity index (χ4n) is 1.20. The van der Waals surface area contributed by atoms with Crippen LogP contribution in [0.5, 0.6) is 0 Å². The van der Waals surface area contributed by atoms with Crippen molar-refractivity contribution in [2.75, 3.05) is 5.32 Å². The van der Waals surface area contributed by atoms with Gasteiger partial charge in [-0.25, -0.2) is 4.39 Å². The van der Waals surface area contributed by atoms with E-state index in [4.69, 9.17) is 15.8 Å². The van der Waals surface area contributed by atoms with Gasteiger partial charge in [0.25, 0.3) is 0 Å². The zero-order valence-electron chi connectivity index (χ0n) is 9.25. The number of halogens is 2. The van der Waals surface area contributed by atoms with E-state index in [1.807, 2.05) is 0 Å². The molecule has 0 unspecified atom stereocenters. The Labute approximate surface area is 112 Å². The minimum atomic E-state index is -0.504. The van der Waals surface area contributed by atoms with E-state index in [9.17, 15) is 4.39 Å². The minimum Gasteiger partial charge on any atom is -0.345 e. The number of hydrogen-bond acceptors (Lipinski definition) is 4. The molecule has 6 heteroatoms. The number of benzene rings is 1. The molecule has 0 fully saturated rings. The van der Waals surface area contributed by atoms with Gasteiger partial charge in [-0.1, -0.05) is 0 Å². The van der Waals surface area contributed by atoms with Crippen molar-refractivity contribution < 1.29 is 4.39 Å². The Bertz CT molecular complexity index is 628. The van der Waals surface area contributed by atoms with Crippen LogP contribution >= 0.6 is 15.9 Å². The molecule has 0 radical (unpaired) electrons. The Balaban J connectivity index is 3.26. The molecule has 0 aliphatic carbocycles. The predicted molar refractivity (Wildman–Crippen MR) is 66.3 cm³/mol. The highest BCUT2D eigenvalue weighted by Gasteiger charge is 2.10. The lowest BCUT2D eigenvalue weighted by atomic mass is 10.1. The first-order chi connectivity index (χ1) is 8.53. The van der Waals surface area contributed by atoms with Crippen molar-refractivity contribution in [3.63, 3.8) is 0 Å². The van der Waals surface area contributed by atoms with Crippen molar-refractivity contribution in [3.05, 3.63) is 39.3 Å². The average molecular weight is 305 g/mol. The van der Waals surface area contributed by atoms with E-state index >= 15 is 0 Å². The smallest absolute Gasteiger partial charge is 0.163 e. The van der Waals surface area contributed by atoms with Crippen LogP contribution in [0.3, 0.4) is 0 Å². The van der Waals surface area contributed by atoms with Gasteiger partial charge in [0.15, 0.2) is 5.57 Å². The highest BCUT2D eigenvalue weighted by Crippen LogP contribution is 2.25. The third-order valence-corrected chi connectivity index (χ3v) is 2.72. The molecule has 0 saturated carbocycles. The molecule has 1 aromatic rings. The molecule has 0 aliphatic rings. The lowest BCUT2D eigenvalue weighted by Crippen LogP contribution is -2.03. The Kier molecular flexibility index (Phi) is 4.43. The summed E-state index contributed by atoms with van der Waals surface area (Å²) >= 11 is 3.04. The van der Waals surface area contributed by atoms with Gasteiger partial charge in [0, 0.05) is 5.69 Å². The van der Waals surface area contributed by atoms with Gasteiger partial charge < -0.3 is 5.32 Å². The summed E-state index contributed by atoms with van der Waals surface area (Å²) in [6.45, 7) is 1.71. The molecule has 0 aromatic heterocycles. The van der Waals surface area contributed by atoms with Crippen LogP contribution in [0.2, 0.25) is 0 Å². The molecule has 0 amide bonds. The van der Waals surface area contributed by atoms with Crippen LogP contribution in [0, 0.1) is 46.7 Å². The number of nitrogens with zero attached hydrogens (tertiary/aromatic N) is 3. The molecule has 0 saturated heterocycles. The molecule has 0 heterocycles. The van der Waals surface area contributed by atoms with Crippen LogP contribution in [0.1, 0.15) is 5.56 Å². The molecule has 4 nitrogen and oxygen atoms in total. The second kappa shape index (κ2) is 5.82. The van der Waals surface area contributed by atoms with Gasteiger partial charge in [-0.3, -0.25) is 0 Å². The van der Waals surface area contributed by atoms with E-state index in [0.29, 0.717) is 15.7 Å². The zero-order valence-corrected chi connectivity index (χ0v) is 10.8. The van der Waals surface area contributed by atoms with Gasteiger partial charge in [0.1, 0.15) is 29.7 Å². The molecule has 0 atom stereocenters. The van der Waals surface area contributed by atoms with Crippen LogP contribution in [-0.2, 0) is 0 Å². The normalized spacial score (nSPS) is 8.67. The highest BCUT2D eigenvalue weighted by atomic mass is 79.9. The molecule has 0 aliphatic heterocycles. The fourth-order valence-corrected chi connectivity index (χ4v) is 1.66. The first kappa shape index (κ1) is 13.7. The number of anilines is 1. The summed E-state index contributed by atoms with van der Waals surface area (Å²) in [5.74, 6) is -0.504. The largest absolute Gasteiger partial charge is 0.345 e. The summed E-state index contributed by atoms with van der Waals surface area (Å²) in [5.41, 5.74) is 0.451. The van der Waals surface area contributed by atoms with E-state index in [2.05, 4.69) is 21.2 Å². The maximum absolute atomic E-state index is 13.4. The Morgan fingerprint density at radius 3 is 2.33 bits per heavy atom. The molecule has 0 spiro atoms. The van der Waals surface area contributed by atoms with Crippen LogP contribution in [0.25, 0.3) is 0 Å². The van der Waals surface area contributed by atoms with E-state index < -0.39 is 5.82 Å². The van der Waals surface area contributed by atoms with Crippen LogP contribution in [0.15, 0.2) is 27.9 Å². The van der Waals surface area contributed by atoms with Crippen molar-refractivity contribution in [1.29, 1.82) is 15.8 Å². The van der Waals surface area contributed by atoms with Gasteiger partial charge >= 0.3 is 0 Å². The average Bonchev–Trinajstić information content (AvgIpc) is 2.35. The maximum Gasteiger partial charge on any atom is 0.163 e. The zero-order chi connectivity index (χ0) is 13.7. The molecular weight excluding hydrogens is 299 g/mol. The SMILES string of the molecule is Cc1cc(Br)c(F)cc1NC(C#N)=C(C#N)C#N. The highest BCUT2D eigenvalue weighted by molar-refractivity contribution is 9.10. The molecule has 18 heavy (non-hydrogen) atoms. The summed E-state index contributed by atoms with van der Waals surface area (Å²) in [6.07, 6.45) is 0. The third kappa shape index (κ3) is 2.85. The second-order valence-electron chi connectivity index (χ2n) is 3.29. The summed E-state index contributed by atoms with van der Waals surface area (Å²) in [5, 5.41) is 28.8. The first-order valence-electron chi connectivity index (χ1n) is 4.70. The minimum absolute atomic E-state index is 0.204. The number of rotatable bonds is 2. The number of nitrogens with one attached hydrogen (secondary N) is 1. The van der Waals surface area contributed by atoms with Crippen molar-refractivity contribution in [2.45, 2.75) is 6.92 Å². The van der Waals surface area contributed by atoms with Crippen molar-refractivity contribution in [1.82, 2.24) is 0 Å². The van der Waals surface area contributed by atoms with Gasteiger partial charge in [-0.05, 0) is 40.5 Å². The van der Waals surface area contributed by atoms with Crippen molar-refractivity contribution in [2.24, 2.45) is 0 Å². The summed E-state index contributed by atoms with van der Waals surface area (Å²) < 4.78 is 13.7. The Hall–Kier alpha value is -2.36. The predicted octanol–water partition coefficient (Wildman–Crippen LogP) is 3.13. The third-order valence-electron chi connectivity index (χ3n) is 2.11. The van der Waals surface area contributed by atoms with E-state index in [1.54, 1.807) is 25.1 Å². The quantitative estimate of drug-likeness (QED) is 0.851. The molecular formula is C12H6BrFN4. The van der Waals surface area contributed by atoms with Crippen molar-refractivity contribution in [3.8, 4) is 18.2 Å². The van der Waals surface area contributed by atoms with Crippen LogP contribution in [0.4, 0.5) is 10.1 Å². The van der Waals surface area contributed by atoms with E-state index in [-0.39, 0.29) is 11.3 Å².